The molecule has 0 saturated heterocycles. The standard InChI is InChI=1S/C13H18ClN3S2/c1-8-7-18-11(10(8)14)12-17-16-9(19-12)5-6-15-13(2,3)4/h7,15H,5-6H2,1-4H3. The molecule has 6 heteroatoms. The first kappa shape index (κ1) is 14.9. The maximum Gasteiger partial charge on any atom is 0.159 e. The van der Waals surface area contributed by atoms with Crippen molar-refractivity contribution in [1.29, 1.82) is 0 Å². The Labute approximate surface area is 127 Å². The van der Waals surface area contributed by atoms with E-state index in [9.17, 15) is 0 Å². The summed E-state index contributed by atoms with van der Waals surface area (Å²) in [7, 11) is 0. The lowest BCUT2D eigenvalue weighted by atomic mass is 10.1. The molecule has 0 aliphatic carbocycles. The van der Waals surface area contributed by atoms with Gasteiger partial charge in [-0.25, -0.2) is 0 Å². The minimum absolute atomic E-state index is 0.141. The maximum absolute atomic E-state index is 6.25. The SMILES string of the molecule is Cc1csc(-c2nnc(CCNC(C)(C)C)s2)c1Cl. The molecule has 0 fully saturated rings. The van der Waals surface area contributed by atoms with E-state index in [-0.39, 0.29) is 5.54 Å². The van der Waals surface area contributed by atoms with Crippen LogP contribution in [0.25, 0.3) is 9.88 Å². The van der Waals surface area contributed by atoms with Crippen molar-refractivity contribution < 1.29 is 0 Å². The fourth-order valence-electron chi connectivity index (χ4n) is 1.56. The normalized spacial score (nSPS) is 12.1. The number of nitrogens with one attached hydrogen (secondary N) is 1. The van der Waals surface area contributed by atoms with Crippen LogP contribution in [0.15, 0.2) is 5.38 Å². The molecule has 0 bridgehead atoms. The summed E-state index contributed by atoms with van der Waals surface area (Å²) in [6.45, 7) is 9.40. The van der Waals surface area contributed by atoms with Gasteiger partial charge < -0.3 is 5.32 Å². The summed E-state index contributed by atoms with van der Waals surface area (Å²) in [5, 5.41) is 16.8. The highest BCUT2D eigenvalue weighted by Gasteiger charge is 2.14. The van der Waals surface area contributed by atoms with E-state index in [0.29, 0.717) is 0 Å². The minimum Gasteiger partial charge on any atom is -0.312 e. The molecule has 0 aromatic carbocycles. The maximum atomic E-state index is 6.25. The summed E-state index contributed by atoms with van der Waals surface area (Å²) in [5.41, 5.74) is 1.25. The number of hydrogen-bond donors (Lipinski definition) is 1. The predicted octanol–water partition coefficient (Wildman–Crippen LogP) is 4.16. The summed E-state index contributed by atoms with van der Waals surface area (Å²) in [6.07, 6.45) is 0.900. The highest BCUT2D eigenvalue weighted by atomic mass is 35.5. The molecular formula is C13H18ClN3S2. The van der Waals surface area contributed by atoms with Crippen molar-refractivity contribution in [3.05, 3.63) is 21.0 Å². The van der Waals surface area contributed by atoms with Crippen LogP contribution in [0.3, 0.4) is 0 Å². The summed E-state index contributed by atoms with van der Waals surface area (Å²) in [6, 6.07) is 0. The molecule has 0 saturated carbocycles. The fraction of sp³-hybridized carbons (Fsp3) is 0.538. The third-order valence-electron chi connectivity index (χ3n) is 2.55. The summed E-state index contributed by atoms with van der Waals surface area (Å²) >= 11 is 9.51. The van der Waals surface area contributed by atoms with Crippen molar-refractivity contribution in [2.45, 2.75) is 39.7 Å². The third kappa shape index (κ3) is 3.99. The van der Waals surface area contributed by atoms with Crippen LogP contribution in [0.2, 0.25) is 5.02 Å². The van der Waals surface area contributed by atoms with E-state index < -0.39 is 0 Å². The van der Waals surface area contributed by atoms with Crippen molar-refractivity contribution in [2.75, 3.05) is 6.54 Å². The highest BCUT2D eigenvalue weighted by molar-refractivity contribution is 7.21. The molecule has 0 aliphatic rings. The Bertz CT molecular complexity index is 554. The zero-order valence-corrected chi connectivity index (χ0v) is 14.0. The highest BCUT2D eigenvalue weighted by Crippen LogP contribution is 2.37. The van der Waals surface area contributed by atoms with Crippen LogP contribution in [0.5, 0.6) is 0 Å². The van der Waals surface area contributed by atoms with E-state index in [0.717, 1.165) is 38.4 Å². The van der Waals surface area contributed by atoms with Crippen molar-refractivity contribution in [3.63, 3.8) is 0 Å². The average Bonchev–Trinajstić information content (AvgIpc) is 2.86. The van der Waals surface area contributed by atoms with E-state index in [1.807, 2.05) is 6.92 Å². The molecule has 104 valence electrons. The van der Waals surface area contributed by atoms with Crippen LogP contribution in [0.1, 0.15) is 31.3 Å². The van der Waals surface area contributed by atoms with E-state index >= 15 is 0 Å². The lowest BCUT2D eigenvalue weighted by Crippen LogP contribution is -2.37. The van der Waals surface area contributed by atoms with Gasteiger partial charge in [0.1, 0.15) is 5.01 Å². The van der Waals surface area contributed by atoms with Crippen molar-refractivity contribution in [1.82, 2.24) is 15.5 Å². The Morgan fingerprint density at radius 3 is 2.63 bits per heavy atom. The Kier molecular flexibility index (Phi) is 4.61. The molecule has 2 heterocycles. The third-order valence-corrected chi connectivity index (χ3v) is 5.39. The topological polar surface area (TPSA) is 37.8 Å². The van der Waals surface area contributed by atoms with Gasteiger partial charge in [-0.1, -0.05) is 22.9 Å². The monoisotopic (exact) mass is 315 g/mol. The second kappa shape index (κ2) is 5.87. The predicted molar refractivity (Wildman–Crippen MR) is 84.4 cm³/mol. The molecule has 19 heavy (non-hydrogen) atoms. The Balaban J connectivity index is 2.02. The van der Waals surface area contributed by atoms with E-state index in [1.54, 1.807) is 22.7 Å². The largest absolute Gasteiger partial charge is 0.312 e. The summed E-state index contributed by atoms with van der Waals surface area (Å²) in [5.74, 6) is 0. The fourth-order valence-corrected chi connectivity index (χ4v) is 3.84. The molecular weight excluding hydrogens is 298 g/mol. The molecule has 2 aromatic heterocycles. The molecule has 0 unspecified atom stereocenters. The number of aromatic nitrogens is 2. The van der Waals surface area contributed by atoms with E-state index in [2.05, 4.69) is 41.7 Å². The molecule has 0 aliphatic heterocycles. The van der Waals surface area contributed by atoms with Gasteiger partial charge in [0, 0.05) is 18.5 Å². The second-order valence-electron chi connectivity index (χ2n) is 5.49. The van der Waals surface area contributed by atoms with E-state index in [1.165, 1.54) is 0 Å². The van der Waals surface area contributed by atoms with Crippen LogP contribution in [0.4, 0.5) is 0 Å². The molecule has 0 amide bonds. The first-order valence-electron chi connectivity index (χ1n) is 6.18. The molecule has 3 nitrogen and oxygen atoms in total. The summed E-state index contributed by atoms with van der Waals surface area (Å²) in [4.78, 5) is 1.03. The molecule has 2 rings (SSSR count). The Morgan fingerprint density at radius 1 is 1.32 bits per heavy atom. The number of rotatable bonds is 4. The van der Waals surface area contributed by atoms with Crippen LogP contribution >= 0.6 is 34.3 Å². The van der Waals surface area contributed by atoms with Gasteiger partial charge in [-0.05, 0) is 38.6 Å². The van der Waals surface area contributed by atoms with Crippen molar-refractivity contribution in [2.24, 2.45) is 0 Å². The number of nitrogens with zero attached hydrogens (tertiary/aromatic N) is 2. The van der Waals surface area contributed by atoms with Gasteiger partial charge in [0.15, 0.2) is 5.01 Å². The molecule has 2 aromatic rings. The molecule has 0 radical (unpaired) electrons. The van der Waals surface area contributed by atoms with Gasteiger partial charge in [-0.15, -0.1) is 21.5 Å². The van der Waals surface area contributed by atoms with Gasteiger partial charge >= 0.3 is 0 Å². The lowest BCUT2D eigenvalue weighted by Gasteiger charge is -2.19. The number of halogens is 1. The first-order chi connectivity index (χ1) is 8.87. The molecule has 0 spiro atoms. The first-order valence-corrected chi connectivity index (χ1v) is 8.25. The second-order valence-corrected chi connectivity index (χ2v) is 7.81. The number of hydrogen-bond acceptors (Lipinski definition) is 5. The van der Waals surface area contributed by atoms with Crippen molar-refractivity contribution in [3.8, 4) is 9.88 Å². The Morgan fingerprint density at radius 2 is 2.05 bits per heavy atom. The number of aryl methyl sites for hydroxylation is 1. The van der Waals surface area contributed by atoms with Crippen LogP contribution in [0, 0.1) is 6.92 Å². The zero-order chi connectivity index (χ0) is 14.0. The van der Waals surface area contributed by atoms with Crippen LogP contribution in [-0.2, 0) is 6.42 Å². The molecule has 1 N–H and O–H groups in total. The van der Waals surface area contributed by atoms with E-state index in [4.69, 9.17) is 11.6 Å². The Hall–Kier alpha value is -0.490. The van der Waals surface area contributed by atoms with Gasteiger partial charge in [0.2, 0.25) is 0 Å². The van der Waals surface area contributed by atoms with Gasteiger partial charge in [0.25, 0.3) is 0 Å². The smallest absolute Gasteiger partial charge is 0.159 e. The van der Waals surface area contributed by atoms with Crippen LogP contribution in [-0.4, -0.2) is 22.3 Å². The zero-order valence-electron chi connectivity index (χ0n) is 11.6. The average molecular weight is 316 g/mol. The lowest BCUT2D eigenvalue weighted by molar-refractivity contribution is 0.429. The van der Waals surface area contributed by atoms with Crippen LogP contribution < -0.4 is 5.32 Å². The minimum atomic E-state index is 0.141. The van der Waals surface area contributed by atoms with Gasteiger partial charge in [-0.3, -0.25) is 0 Å². The van der Waals surface area contributed by atoms with Crippen molar-refractivity contribution >= 4 is 34.3 Å². The molecule has 0 atom stereocenters. The summed E-state index contributed by atoms with van der Waals surface area (Å²) < 4.78 is 0. The number of thiophene rings is 1. The van der Waals surface area contributed by atoms with Gasteiger partial charge in [-0.2, -0.15) is 0 Å². The van der Waals surface area contributed by atoms with Gasteiger partial charge in [0.05, 0.1) is 9.90 Å². The quantitative estimate of drug-likeness (QED) is 0.920.